The van der Waals surface area contributed by atoms with Crippen LogP contribution in [0, 0.1) is 5.92 Å². The lowest BCUT2D eigenvalue weighted by Crippen LogP contribution is -2.44. The Balaban J connectivity index is 1.22. The summed E-state index contributed by atoms with van der Waals surface area (Å²) in [6.45, 7) is 4.06. The van der Waals surface area contributed by atoms with Crippen LogP contribution < -0.4 is 10.2 Å². The fourth-order valence-corrected chi connectivity index (χ4v) is 5.44. The SMILES string of the molecule is CN1CCN(c2cncc3[nH]c(-c4n[nH]c5ccc(-c6cncc(NC(=O)C7CCC7)c6)cc45)cc23)CC1. The fraction of sp³-hybridized carbons (Fsp3) is 0.310. The van der Waals surface area contributed by atoms with Crippen LogP contribution >= 0.6 is 0 Å². The third-order valence-corrected chi connectivity index (χ3v) is 8.00. The zero-order valence-corrected chi connectivity index (χ0v) is 21.4. The molecule has 0 radical (unpaired) electrons. The number of fused-ring (bicyclic) bond motifs is 2. The molecule has 38 heavy (non-hydrogen) atoms. The number of aromatic nitrogens is 5. The van der Waals surface area contributed by atoms with Gasteiger partial charge in [0.25, 0.3) is 0 Å². The number of carbonyl (C=O) groups excluding carboxylic acids is 1. The molecule has 0 spiro atoms. The maximum absolute atomic E-state index is 12.4. The molecule has 2 fully saturated rings. The second-order valence-electron chi connectivity index (χ2n) is 10.5. The van der Waals surface area contributed by atoms with Crippen LogP contribution in [0.4, 0.5) is 11.4 Å². The van der Waals surface area contributed by atoms with Gasteiger partial charge in [0.1, 0.15) is 5.69 Å². The molecule has 1 saturated carbocycles. The predicted octanol–water partition coefficient (Wildman–Crippen LogP) is 4.66. The number of hydrogen-bond acceptors (Lipinski definition) is 6. The van der Waals surface area contributed by atoms with Crippen molar-refractivity contribution in [2.45, 2.75) is 19.3 Å². The number of piperazine rings is 1. The number of hydrogen-bond donors (Lipinski definition) is 3. The molecule has 192 valence electrons. The third kappa shape index (κ3) is 4.09. The van der Waals surface area contributed by atoms with Crippen LogP contribution in [0.15, 0.2) is 55.1 Å². The molecule has 7 rings (SSSR count). The molecule has 9 heteroatoms. The first-order chi connectivity index (χ1) is 18.6. The van der Waals surface area contributed by atoms with E-state index in [1.54, 1.807) is 6.20 Å². The van der Waals surface area contributed by atoms with Crippen LogP contribution in [0.1, 0.15) is 19.3 Å². The molecule has 9 nitrogen and oxygen atoms in total. The lowest BCUT2D eigenvalue weighted by molar-refractivity contribution is -0.122. The Bertz CT molecular complexity index is 1640. The molecule has 5 heterocycles. The van der Waals surface area contributed by atoms with E-state index in [2.05, 4.69) is 65.5 Å². The summed E-state index contributed by atoms with van der Waals surface area (Å²) in [5, 5.41) is 13.1. The summed E-state index contributed by atoms with van der Waals surface area (Å²) in [6, 6.07) is 10.4. The molecule has 0 atom stereocenters. The predicted molar refractivity (Wildman–Crippen MR) is 150 cm³/mol. The van der Waals surface area contributed by atoms with Gasteiger partial charge in [-0.25, -0.2) is 0 Å². The molecule has 0 unspecified atom stereocenters. The number of benzene rings is 1. The monoisotopic (exact) mass is 506 g/mol. The maximum Gasteiger partial charge on any atom is 0.227 e. The minimum atomic E-state index is 0.0898. The number of aromatic amines is 2. The van der Waals surface area contributed by atoms with Crippen molar-refractivity contribution in [3.05, 3.63) is 55.1 Å². The van der Waals surface area contributed by atoms with Crippen molar-refractivity contribution in [2.24, 2.45) is 5.92 Å². The summed E-state index contributed by atoms with van der Waals surface area (Å²) < 4.78 is 0. The number of pyridine rings is 2. The highest BCUT2D eigenvalue weighted by atomic mass is 16.1. The largest absolute Gasteiger partial charge is 0.367 e. The summed E-state index contributed by atoms with van der Waals surface area (Å²) in [5.74, 6) is 0.221. The molecule has 4 aromatic heterocycles. The highest BCUT2D eigenvalue weighted by Gasteiger charge is 2.25. The minimum absolute atomic E-state index is 0.0898. The van der Waals surface area contributed by atoms with E-state index in [0.717, 1.165) is 101 Å². The minimum Gasteiger partial charge on any atom is -0.367 e. The van der Waals surface area contributed by atoms with Crippen molar-refractivity contribution in [3.8, 4) is 22.5 Å². The van der Waals surface area contributed by atoms with E-state index in [1.165, 1.54) is 0 Å². The van der Waals surface area contributed by atoms with Gasteiger partial charge in [0.15, 0.2) is 0 Å². The second-order valence-corrected chi connectivity index (χ2v) is 10.5. The van der Waals surface area contributed by atoms with Crippen LogP contribution in [0.3, 0.4) is 0 Å². The molecule has 0 bridgehead atoms. The number of carbonyl (C=O) groups is 1. The van der Waals surface area contributed by atoms with E-state index in [-0.39, 0.29) is 11.8 Å². The van der Waals surface area contributed by atoms with Crippen LogP contribution in [0.25, 0.3) is 44.3 Å². The van der Waals surface area contributed by atoms with E-state index in [9.17, 15) is 4.79 Å². The summed E-state index contributed by atoms with van der Waals surface area (Å²) in [4.78, 5) is 29.7. The van der Waals surface area contributed by atoms with Crippen LogP contribution in [0.5, 0.6) is 0 Å². The lowest BCUT2D eigenvalue weighted by Gasteiger charge is -2.34. The summed E-state index contributed by atoms with van der Waals surface area (Å²) >= 11 is 0. The highest BCUT2D eigenvalue weighted by Crippen LogP contribution is 2.35. The van der Waals surface area contributed by atoms with Gasteiger partial charge >= 0.3 is 0 Å². The molecule has 1 aliphatic heterocycles. The van der Waals surface area contributed by atoms with Gasteiger partial charge in [-0.05, 0) is 49.7 Å². The molecular weight excluding hydrogens is 476 g/mol. The number of rotatable bonds is 5. The Kier molecular flexibility index (Phi) is 5.58. The number of nitrogens with zero attached hydrogens (tertiary/aromatic N) is 5. The van der Waals surface area contributed by atoms with Gasteiger partial charge in [-0.1, -0.05) is 12.5 Å². The van der Waals surface area contributed by atoms with Crippen molar-refractivity contribution in [1.82, 2.24) is 30.0 Å². The highest BCUT2D eigenvalue weighted by molar-refractivity contribution is 6.00. The quantitative estimate of drug-likeness (QED) is 0.320. The number of likely N-dealkylation sites (N-methyl/N-ethyl adjacent to an activating group) is 1. The van der Waals surface area contributed by atoms with Crippen molar-refractivity contribution in [2.75, 3.05) is 43.4 Å². The van der Waals surface area contributed by atoms with Gasteiger partial charge in [0, 0.05) is 54.6 Å². The first kappa shape index (κ1) is 22.9. The lowest BCUT2D eigenvalue weighted by atomic mass is 9.85. The zero-order valence-electron chi connectivity index (χ0n) is 21.4. The van der Waals surface area contributed by atoms with E-state index >= 15 is 0 Å². The van der Waals surface area contributed by atoms with Gasteiger partial charge in [-0.2, -0.15) is 5.10 Å². The molecule has 1 aromatic carbocycles. The van der Waals surface area contributed by atoms with Gasteiger partial charge in [0.05, 0.1) is 46.7 Å². The van der Waals surface area contributed by atoms with Crippen molar-refractivity contribution >= 4 is 39.1 Å². The number of H-pyrrole nitrogens is 2. The Hall–Kier alpha value is -4.24. The Labute approximate surface area is 220 Å². The van der Waals surface area contributed by atoms with Crippen LogP contribution in [-0.2, 0) is 4.79 Å². The molecule has 3 N–H and O–H groups in total. The zero-order chi connectivity index (χ0) is 25.6. The van der Waals surface area contributed by atoms with E-state index in [4.69, 9.17) is 0 Å². The first-order valence-corrected chi connectivity index (χ1v) is 13.3. The van der Waals surface area contributed by atoms with E-state index in [0.29, 0.717) is 0 Å². The molecule has 1 aliphatic carbocycles. The third-order valence-electron chi connectivity index (χ3n) is 8.00. The Morgan fingerprint density at radius 1 is 0.921 bits per heavy atom. The van der Waals surface area contributed by atoms with Crippen molar-refractivity contribution in [1.29, 1.82) is 0 Å². The van der Waals surface area contributed by atoms with Gasteiger partial charge in [-0.15, -0.1) is 0 Å². The van der Waals surface area contributed by atoms with Gasteiger partial charge in [-0.3, -0.25) is 19.9 Å². The molecular formula is C29H30N8O. The van der Waals surface area contributed by atoms with Crippen molar-refractivity contribution in [3.63, 3.8) is 0 Å². The molecule has 1 saturated heterocycles. The van der Waals surface area contributed by atoms with E-state index < -0.39 is 0 Å². The molecule has 1 amide bonds. The summed E-state index contributed by atoms with van der Waals surface area (Å²) in [6.07, 6.45) is 10.5. The van der Waals surface area contributed by atoms with Gasteiger partial charge in [0.2, 0.25) is 5.91 Å². The summed E-state index contributed by atoms with van der Waals surface area (Å²) in [7, 11) is 2.17. The topological polar surface area (TPSA) is 106 Å². The average molecular weight is 507 g/mol. The number of amides is 1. The molecule has 2 aliphatic rings. The van der Waals surface area contributed by atoms with Crippen molar-refractivity contribution < 1.29 is 4.79 Å². The standard InChI is InChI=1S/C29H30N8O/c1-36-7-9-37(10-8-36)27-17-31-16-26-22(27)13-25(33-26)28-23-12-19(5-6-24(23)34-35-28)20-11-21(15-30-14-20)32-29(38)18-3-2-4-18/h5-6,11-18,33H,2-4,7-10H2,1H3,(H,32,38)(H,34,35). The number of nitrogens with one attached hydrogen (secondary N) is 3. The maximum atomic E-state index is 12.4. The number of anilines is 2. The Morgan fingerprint density at radius 2 is 1.76 bits per heavy atom. The summed E-state index contributed by atoms with van der Waals surface area (Å²) in [5.41, 5.74) is 7.63. The average Bonchev–Trinajstić information content (AvgIpc) is 3.52. The normalized spacial score (nSPS) is 16.7. The van der Waals surface area contributed by atoms with E-state index in [1.807, 2.05) is 30.7 Å². The fourth-order valence-electron chi connectivity index (χ4n) is 5.44. The van der Waals surface area contributed by atoms with Crippen LogP contribution in [0.2, 0.25) is 0 Å². The molecule has 5 aromatic rings. The smallest absolute Gasteiger partial charge is 0.227 e. The Morgan fingerprint density at radius 3 is 2.58 bits per heavy atom. The first-order valence-electron chi connectivity index (χ1n) is 13.3. The second kappa shape index (κ2) is 9.25. The van der Waals surface area contributed by atoms with Gasteiger partial charge < -0.3 is 20.1 Å². The van der Waals surface area contributed by atoms with Crippen LogP contribution in [-0.4, -0.2) is 69.2 Å².